The van der Waals surface area contributed by atoms with Crippen LogP contribution in [0.4, 0.5) is 0 Å². The predicted molar refractivity (Wildman–Crippen MR) is 75.9 cm³/mol. The molecule has 0 amide bonds. The van der Waals surface area contributed by atoms with Crippen LogP contribution in [0, 0.1) is 0 Å². The van der Waals surface area contributed by atoms with Gasteiger partial charge in [0.15, 0.2) is 0 Å². The molecule has 3 heteroatoms. The summed E-state index contributed by atoms with van der Waals surface area (Å²) in [4.78, 5) is 4.52. The maximum absolute atomic E-state index is 5.58. The highest BCUT2D eigenvalue weighted by Gasteiger charge is 2.28. The SMILES string of the molecule is CCNC(Cc1ccc(CC)cn1)C(C)(C)OC. The number of methoxy groups -OCH3 is 1. The van der Waals surface area contributed by atoms with Gasteiger partial charge in [-0.3, -0.25) is 4.98 Å². The summed E-state index contributed by atoms with van der Waals surface area (Å²) in [5, 5.41) is 3.49. The molecule has 0 fully saturated rings. The lowest BCUT2D eigenvalue weighted by molar-refractivity contribution is -0.00984. The van der Waals surface area contributed by atoms with Crippen LogP contribution in [0.3, 0.4) is 0 Å². The van der Waals surface area contributed by atoms with Crippen LogP contribution in [-0.2, 0) is 17.6 Å². The molecule has 18 heavy (non-hydrogen) atoms. The van der Waals surface area contributed by atoms with Crippen molar-refractivity contribution in [3.05, 3.63) is 29.6 Å². The van der Waals surface area contributed by atoms with Gasteiger partial charge >= 0.3 is 0 Å². The average molecular weight is 250 g/mol. The normalized spacial score (nSPS) is 13.6. The van der Waals surface area contributed by atoms with Crippen LogP contribution in [0.5, 0.6) is 0 Å². The van der Waals surface area contributed by atoms with Crippen molar-refractivity contribution in [3.63, 3.8) is 0 Å². The van der Waals surface area contributed by atoms with Gasteiger partial charge in [0.2, 0.25) is 0 Å². The standard InChI is InChI=1S/C15H26N2O/c1-6-12-8-9-13(17-11-12)10-14(16-7-2)15(3,4)18-5/h8-9,11,14,16H,6-7,10H2,1-5H3. The number of likely N-dealkylation sites (N-methyl/N-ethyl adjacent to an activating group) is 1. The monoisotopic (exact) mass is 250 g/mol. The Bertz CT molecular complexity index is 346. The molecule has 0 aromatic carbocycles. The van der Waals surface area contributed by atoms with Crippen molar-refractivity contribution in [1.82, 2.24) is 10.3 Å². The molecule has 0 aliphatic heterocycles. The van der Waals surface area contributed by atoms with Gasteiger partial charge in [0.05, 0.1) is 5.60 Å². The molecule has 1 heterocycles. The first kappa shape index (κ1) is 15.1. The molecule has 1 atom stereocenters. The first-order chi connectivity index (χ1) is 8.53. The van der Waals surface area contributed by atoms with Crippen molar-refractivity contribution in [2.45, 2.75) is 52.2 Å². The van der Waals surface area contributed by atoms with E-state index in [2.05, 4.69) is 50.1 Å². The van der Waals surface area contributed by atoms with Crippen molar-refractivity contribution in [2.75, 3.05) is 13.7 Å². The van der Waals surface area contributed by atoms with Gasteiger partial charge in [-0.05, 0) is 38.4 Å². The summed E-state index contributed by atoms with van der Waals surface area (Å²) in [7, 11) is 1.76. The molecular weight excluding hydrogens is 224 g/mol. The first-order valence-electron chi connectivity index (χ1n) is 6.75. The number of rotatable bonds is 7. The fourth-order valence-electron chi connectivity index (χ4n) is 1.95. The van der Waals surface area contributed by atoms with E-state index in [1.807, 2.05) is 6.20 Å². The summed E-state index contributed by atoms with van der Waals surface area (Å²) in [5.41, 5.74) is 2.20. The average Bonchev–Trinajstić information content (AvgIpc) is 2.39. The van der Waals surface area contributed by atoms with Crippen LogP contribution in [-0.4, -0.2) is 30.3 Å². The van der Waals surface area contributed by atoms with Gasteiger partial charge in [0.25, 0.3) is 0 Å². The zero-order chi connectivity index (χ0) is 13.6. The Balaban J connectivity index is 2.76. The number of hydrogen-bond acceptors (Lipinski definition) is 3. The minimum absolute atomic E-state index is 0.193. The zero-order valence-electron chi connectivity index (χ0n) is 12.3. The van der Waals surface area contributed by atoms with Gasteiger partial charge in [-0.2, -0.15) is 0 Å². The molecule has 1 N–H and O–H groups in total. The molecule has 102 valence electrons. The van der Waals surface area contributed by atoms with E-state index in [1.165, 1.54) is 5.56 Å². The molecule has 1 aromatic heterocycles. The Hall–Kier alpha value is -0.930. The Morgan fingerprint density at radius 3 is 2.50 bits per heavy atom. The first-order valence-corrected chi connectivity index (χ1v) is 6.75. The quantitative estimate of drug-likeness (QED) is 0.807. The highest BCUT2D eigenvalue weighted by atomic mass is 16.5. The van der Waals surface area contributed by atoms with Crippen molar-refractivity contribution < 1.29 is 4.74 Å². The van der Waals surface area contributed by atoms with Gasteiger partial charge in [-0.25, -0.2) is 0 Å². The number of nitrogens with one attached hydrogen (secondary N) is 1. The van der Waals surface area contributed by atoms with Crippen molar-refractivity contribution in [3.8, 4) is 0 Å². The smallest absolute Gasteiger partial charge is 0.0778 e. The minimum Gasteiger partial charge on any atom is -0.377 e. The third-order valence-electron chi connectivity index (χ3n) is 3.52. The van der Waals surface area contributed by atoms with Crippen molar-refractivity contribution in [1.29, 1.82) is 0 Å². The summed E-state index contributed by atoms with van der Waals surface area (Å²) in [6.07, 6.45) is 3.89. The molecule has 0 radical (unpaired) electrons. The summed E-state index contributed by atoms with van der Waals surface area (Å²) >= 11 is 0. The van der Waals surface area contributed by atoms with Crippen LogP contribution >= 0.6 is 0 Å². The molecule has 0 saturated heterocycles. The Labute approximate surface area is 111 Å². The number of aromatic nitrogens is 1. The van der Waals surface area contributed by atoms with E-state index in [0.29, 0.717) is 0 Å². The Morgan fingerprint density at radius 2 is 2.06 bits per heavy atom. The molecule has 3 nitrogen and oxygen atoms in total. The highest BCUT2D eigenvalue weighted by Crippen LogP contribution is 2.17. The molecule has 1 unspecified atom stereocenters. The maximum atomic E-state index is 5.58. The molecule has 1 aromatic rings. The molecule has 1 rings (SSSR count). The topological polar surface area (TPSA) is 34.2 Å². The van der Waals surface area contributed by atoms with E-state index in [0.717, 1.165) is 25.1 Å². The molecule has 0 spiro atoms. The lowest BCUT2D eigenvalue weighted by Crippen LogP contribution is -2.49. The van der Waals surface area contributed by atoms with Gasteiger partial charge in [-0.15, -0.1) is 0 Å². The van der Waals surface area contributed by atoms with E-state index in [4.69, 9.17) is 4.74 Å². The summed E-state index contributed by atoms with van der Waals surface area (Å²) in [6.45, 7) is 9.42. The van der Waals surface area contributed by atoms with Crippen LogP contribution in [0.2, 0.25) is 0 Å². The number of ether oxygens (including phenoxy) is 1. The van der Waals surface area contributed by atoms with E-state index in [-0.39, 0.29) is 11.6 Å². The fraction of sp³-hybridized carbons (Fsp3) is 0.667. The van der Waals surface area contributed by atoms with Crippen LogP contribution in [0.1, 0.15) is 39.0 Å². The van der Waals surface area contributed by atoms with E-state index >= 15 is 0 Å². The second-order valence-corrected chi connectivity index (χ2v) is 5.13. The van der Waals surface area contributed by atoms with E-state index in [1.54, 1.807) is 7.11 Å². The second-order valence-electron chi connectivity index (χ2n) is 5.13. The van der Waals surface area contributed by atoms with Gasteiger partial charge < -0.3 is 10.1 Å². The van der Waals surface area contributed by atoms with Crippen molar-refractivity contribution in [2.24, 2.45) is 0 Å². The van der Waals surface area contributed by atoms with E-state index < -0.39 is 0 Å². The maximum Gasteiger partial charge on any atom is 0.0778 e. The third-order valence-corrected chi connectivity index (χ3v) is 3.52. The predicted octanol–water partition coefficient (Wildman–Crippen LogP) is 2.59. The van der Waals surface area contributed by atoms with E-state index in [9.17, 15) is 0 Å². The van der Waals surface area contributed by atoms with Crippen LogP contribution in [0.25, 0.3) is 0 Å². The third kappa shape index (κ3) is 4.07. The lowest BCUT2D eigenvalue weighted by Gasteiger charge is -2.33. The molecule has 0 saturated carbocycles. The zero-order valence-corrected chi connectivity index (χ0v) is 12.3. The van der Waals surface area contributed by atoms with Gasteiger partial charge in [-0.1, -0.05) is 19.9 Å². The number of nitrogens with zero attached hydrogens (tertiary/aromatic N) is 1. The highest BCUT2D eigenvalue weighted by molar-refractivity contribution is 5.15. The summed E-state index contributed by atoms with van der Waals surface area (Å²) in [6, 6.07) is 4.55. The van der Waals surface area contributed by atoms with Gasteiger partial charge in [0, 0.05) is 31.5 Å². The molecule has 0 aliphatic rings. The molecule has 0 bridgehead atoms. The minimum atomic E-state index is -0.193. The molecular formula is C15H26N2O. The summed E-state index contributed by atoms with van der Waals surface area (Å²) in [5.74, 6) is 0. The lowest BCUT2D eigenvalue weighted by atomic mass is 9.93. The van der Waals surface area contributed by atoms with Crippen LogP contribution < -0.4 is 5.32 Å². The van der Waals surface area contributed by atoms with Crippen molar-refractivity contribution >= 4 is 0 Å². The number of pyridine rings is 1. The number of aryl methyl sites for hydroxylation is 1. The number of hydrogen-bond donors (Lipinski definition) is 1. The van der Waals surface area contributed by atoms with Crippen LogP contribution in [0.15, 0.2) is 18.3 Å². The second kappa shape index (κ2) is 6.86. The Kier molecular flexibility index (Phi) is 5.76. The Morgan fingerprint density at radius 1 is 1.33 bits per heavy atom. The summed E-state index contributed by atoms with van der Waals surface area (Å²) < 4.78 is 5.58. The molecule has 0 aliphatic carbocycles. The van der Waals surface area contributed by atoms with Gasteiger partial charge in [0.1, 0.15) is 0 Å². The largest absolute Gasteiger partial charge is 0.377 e. The fourth-order valence-corrected chi connectivity index (χ4v) is 1.95.